The summed E-state index contributed by atoms with van der Waals surface area (Å²) in [5, 5.41) is 12.4. The van der Waals surface area contributed by atoms with Gasteiger partial charge in [-0.3, -0.25) is 0 Å². The van der Waals surface area contributed by atoms with E-state index in [1.807, 2.05) is 24.3 Å². The molecular weight excluding hydrogens is 322 g/mol. The highest BCUT2D eigenvalue weighted by atomic mass is 79.9. The van der Waals surface area contributed by atoms with Gasteiger partial charge >= 0.3 is 5.97 Å². The van der Waals surface area contributed by atoms with Gasteiger partial charge in [0.25, 0.3) is 0 Å². The first-order valence-electron chi connectivity index (χ1n) is 6.00. The zero-order chi connectivity index (χ0) is 14.5. The molecule has 0 aliphatic rings. The molecule has 0 saturated carbocycles. The van der Waals surface area contributed by atoms with Crippen molar-refractivity contribution in [1.82, 2.24) is 0 Å². The molecule has 0 bridgehead atoms. The van der Waals surface area contributed by atoms with Crippen molar-refractivity contribution in [2.24, 2.45) is 0 Å². The van der Waals surface area contributed by atoms with Crippen LogP contribution in [0.2, 0.25) is 0 Å². The van der Waals surface area contributed by atoms with Crippen LogP contribution in [-0.4, -0.2) is 18.2 Å². The second-order valence-electron chi connectivity index (χ2n) is 4.17. The topological polar surface area (TPSA) is 58.6 Å². The molecule has 0 unspecified atom stereocenters. The molecule has 0 aromatic heterocycles. The Labute approximate surface area is 125 Å². The third kappa shape index (κ3) is 3.30. The Morgan fingerprint density at radius 2 is 1.95 bits per heavy atom. The Hall–Kier alpha value is -2.01. The molecule has 0 aliphatic carbocycles. The summed E-state index contributed by atoms with van der Waals surface area (Å²) < 4.78 is 5.65. The quantitative estimate of drug-likeness (QED) is 0.873. The van der Waals surface area contributed by atoms with Gasteiger partial charge in [-0.1, -0.05) is 18.2 Å². The SMILES string of the molecule is COc1ccc(CNc2cccc(Br)c2C(=O)O)cc1. The Morgan fingerprint density at radius 1 is 1.25 bits per heavy atom. The molecule has 20 heavy (non-hydrogen) atoms. The van der Waals surface area contributed by atoms with Crippen molar-refractivity contribution in [2.45, 2.75) is 6.54 Å². The van der Waals surface area contributed by atoms with Gasteiger partial charge in [0.05, 0.1) is 18.4 Å². The van der Waals surface area contributed by atoms with Crippen molar-refractivity contribution < 1.29 is 14.6 Å². The van der Waals surface area contributed by atoms with Gasteiger partial charge in [0.15, 0.2) is 0 Å². The van der Waals surface area contributed by atoms with Gasteiger partial charge in [-0.05, 0) is 45.8 Å². The second kappa shape index (κ2) is 6.43. The standard InChI is InChI=1S/C15H14BrNO3/c1-20-11-7-5-10(6-8-11)9-17-13-4-2-3-12(16)14(13)15(18)19/h2-8,17H,9H2,1H3,(H,18,19). The Bertz CT molecular complexity index is 611. The van der Waals surface area contributed by atoms with Crippen LogP contribution in [0, 0.1) is 0 Å². The molecule has 2 aromatic carbocycles. The normalized spacial score (nSPS) is 10.1. The van der Waals surface area contributed by atoms with Crippen LogP contribution >= 0.6 is 15.9 Å². The van der Waals surface area contributed by atoms with Crippen LogP contribution in [-0.2, 0) is 6.54 Å². The van der Waals surface area contributed by atoms with Crippen LogP contribution in [0.25, 0.3) is 0 Å². The van der Waals surface area contributed by atoms with E-state index in [0.29, 0.717) is 16.7 Å². The fourth-order valence-corrected chi connectivity index (χ4v) is 2.37. The van der Waals surface area contributed by atoms with Gasteiger partial charge < -0.3 is 15.2 Å². The van der Waals surface area contributed by atoms with Crippen molar-refractivity contribution in [1.29, 1.82) is 0 Å². The van der Waals surface area contributed by atoms with Crippen LogP contribution in [0.1, 0.15) is 15.9 Å². The van der Waals surface area contributed by atoms with Crippen LogP contribution in [0.4, 0.5) is 5.69 Å². The van der Waals surface area contributed by atoms with Gasteiger partial charge in [0, 0.05) is 11.0 Å². The fourth-order valence-electron chi connectivity index (χ4n) is 1.83. The van der Waals surface area contributed by atoms with Crippen molar-refractivity contribution >= 4 is 27.6 Å². The van der Waals surface area contributed by atoms with Crippen LogP contribution < -0.4 is 10.1 Å². The monoisotopic (exact) mass is 335 g/mol. The lowest BCUT2D eigenvalue weighted by atomic mass is 10.1. The van der Waals surface area contributed by atoms with E-state index in [1.165, 1.54) is 0 Å². The van der Waals surface area contributed by atoms with Gasteiger partial charge in [0.2, 0.25) is 0 Å². The summed E-state index contributed by atoms with van der Waals surface area (Å²) in [4.78, 5) is 11.3. The largest absolute Gasteiger partial charge is 0.497 e. The molecule has 4 nitrogen and oxygen atoms in total. The zero-order valence-corrected chi connectivity index (χ0v) is 12.5. The minimum atomic E-state index is -0.963. The molecule has 0 heterocycles. The molecule has 0 atom stereocenters. The number of carbonyl (C=O) groups is 1. The molecule has 0 fully saturated rings. The number of ether oxygens (including phenoxy) is 1. The van der Waals surface area contributed by atoms with Crippen molar-refractivity contribution in [3.05, 3.63) is 58.1 Å². The minimum Gasteiger partial charge on any atom is -0.497 e. The lowest BCUT2D eigenvalue weighted by Gasteiger charge is -2.11. The maximum atomic E-state index is 11.3. The van der Waals surface area contributed by atoms with Crippen LogP contribution in [0.15, 0.2) is 46.9 Å². The third-order valence-corrected chi connectivity index (χ3v) is 3.53. The van der Waals surface area contributed by atoms with E-state index in [4.69, 9.17) is 4.74 Å². The maximum absolute atomic E-state index is 11.3. The number of benzene rings is 2. The number of methoxy groups -OCH3 is 1. The molecule has 0 spiro atoms. The summed E-state index contributed by atoms with van der Waals surface area (Å²) in [5.41, 5.74) is 1.87. The van der Waals surface area contributed by atoms with Crippen molar-refractivity contribution in [3.8, 4) is 5.75 Å². The first-order chi connectivity index (χ1) is 9.61. The number of aromatic carboxylic acids is 1. The molecule has 0 radical (unpaired) electrons. The molecular formula is C15H14BrNO3. The number of hydrogen-bond acceptors (Lipinski definition) is 3. The van der Waals surface area contributed by atoms with E-state index in [9.17, 15) is 9.90 Å². The van der Waals surface area contributed by atoms with Gasteiger partial charge in [-0.25, -0.2) is 4.79 Å². The highest BCUT2D eigenvalue weighted by Gasteiger charge is 2.13. The number of rotatable bonds is 5. The molecule has 5 heteroatoms. The van der Waals surface area contributed by atoms with E-state index >= 15 is 0 Å². The lowest BCUT2D eigenvalue weighted by Crippen LogP contribution is -2.07. The lowest BCUT2D eigenvalue weighted by molar-refractivity contribution is 0.0697. The van der Waals surface area contributed by atoms with E-state index in [2.05, 4.69) is 21.2 Å². The number of nitrogens with one attached hydrogen (secondary N) is 1. The number of anilines is 1. The fraction of sp³-hybridized carbons (Fsp3) is 0.133. The smallest absolute Gasteiger partial charge is 0.338 e. The molecule has 2 N–H and O–H groups in total. The number of carboxylic acids is 1. The Balaban J connectivity index is 2.14. The summed E-state index contributed by atoms with van der Waals surface area (Å²) in [6.45, 7) is 0.542. The average Bonchev–Trinajstić information content (AvgIpc) is 2.45. The molecule has 0 amide bonds. The van der Waals surface area contributed by atoms with Gasteiger partial charge in [0.1, 0.15) is 5.75 Å². The first kappa shape index (κ1) is 14.4. The van der Waals surface area contributed by atoms with Crippen LogP contribution in [0.3, 0.4) is 0 Å². The third-order valence-electron chi connectivity index (χ3n) is 2.87. The summed E-state index contributed by atoms with van der Waals surface area (Å²) in [6, 6.07) is 12.9. The van der Waals surface area contributed by atoms with E-state index in [1.54, 1.807) is 25.3 Å². The maximum Gasteiger partial charge on any atom is 0.338 e. The molecule has 0 aliphatic heterocycles. The summed E-state index contributed by atoms with van der Waals surface area (Å²) in [7, 11) is 1.62. The molecule has 104 valence electrons. The zero-order valence-electron chi connectivity index (χ0n) is 10.9. The van der Waals surface area contributed by atoms with E-state index in [0.717, 1.165) is 11.3 Å². The number of hydrogen-bond donors (Lipinski definition) is 2. The van der Waals surface area contributed by atoms with Crippen molar-refractivity contribution in [3.63, 3.8) is 0 Å². The molecule has 2 aromatic rings. The average molecular weight is 336 g/mol. The van der Waals surface area contributed by atoms with E-state index in [-0.39, 0.29) is 5.56 Å². The summed E-state index contributed by atoms with van der Waals surface area (Å²) >= 11 is 3.26. The number of halogens is 1. The Morgan fingerprint density at radius 3 is 2.55 bits per heavy atom. The van der Waals surface area contributed by atoms with Crippen molar-refractivity contribution in [2.75, 3.05) is 12.4 Å². The highest BCUT2D eigenvalue weighted by molar-refractivity contribution is 9.10. The molecule has 2 rings (SSSR count). The van der Waals surface area contributed by atoms with Gasteiger partial charge in [-0.2, -0.15) is 0 Å². The minimum absolute atomic E-state index is 0.237. The van der Waals surface area contributed by atoms with Gasteiger partial charge in [-0.15, -0.1) is 0 Å². The van der Waals surface area contributed by atoms with E-state index < -0.39 is 5.97 Å². The first-order valence-corrected chi connectivity index (χ1v) is 6.79. The van der Waals surface area contributed by atoms with Crippen LogP contribution in [0.5, 0.6) is 5.75 Å². The predicted octanol–water partition coefficient (Wildman–Crippen LogP) is 3.77. The molecule has 0 saturated heterocycles. The predicted molar refractivity (Wildman–Crippen MR) is 81.4 cm³/mol. The number of carboxylic acid groups (broad SMARTS) is 1. The highest BCUT2D eigenvalue weighted by Crippen LogP contribution is 2.25. The Kier molecular flexibility index (Phi) is 4.63. The summed E-state index contributed by atoms with van der Waals surface area (Å²) in [5.74, 6) is -0.169. The summed E-state index contributed by atoms with van der Waals surface area (Å²) in [6.07, 6.45) is 0. The second-order valence-corrected chi connectivity index (χ2v) is 5.02.